The molecule has 0 saturated carbocycles. The lowest BCUT2D eigenvalue weighted by Crippen LogP contribution is -1.90. The zero-order valence-electron chi connectivity index (χ0n) is 7.53. The Morgan fingerprint density at radius 1 is 1.50 bits per heavy atom. The highest BCUT2D eigenvalue weighted by molar-refractivity contribution is 7.98. The molecule has 0 spiro atoms. The largest absolute Gasteiger partial charge is 0.396 e. The molecule has 1 aromatic rings. The predicted octanol–water partition coefficient (Wildman–Crippen LogP) is 1.92. The van der Waals surface area contributed by atoms with Crippen molar-refractivity contribution in [1.82, 2.24) is 0 Å². The molecule has 0 fully saturated rings. The summed E-state index contributed by atoms with van der Waals surface area (Å²) in [5.74, 6) is 0.859. The summed E-state index contributed by atoms with van der Waals surface area (Å²) in [5.41, 5.74) is 0.980. The summed E-state index contributed by atoms with van der Waals surface area (Å²) in [6.07, 6.45) is 0. The summed E-state index contributed by atoms with van der Waals surface area (Å²) in [7, 11) is 0. The van der Waals surface area contributed by atoms with Gasteiger partial charge in [-0.25, -0.2) is 4.39 Å². The fourth-order valence-corrected chi connectivity index (χ4v) is 1.69. The fraction of sp³-hybridized carbons (Fsp3) is 0.300. The Hall–Kier alpha value is -1.05. The highest BCUT2D eigenvalue weighted by atomic mass is 32.2. The Balaban J connectivity index is 2.66. The molecule has 1 N–H and O–H groups in total. The number of hydrogen-bond acceptors (Lipinski definition) is 3. The number of aliphatic hydroxyl groups is 1. The van der Waals surface area contributed by atoms with Gasteiger partial charge in [-0.3, -0.25) is 0 Å². The third-order valence-electron chi connectivity index (χ3n) is 1.66. The van der Waals surface area contributed by atoms with Gasteiger partial charge in [-0.05, 0) is 17.7 Å². The molecule has 2 nitrogen and oxygen atoms in total. The van der Waals surface area contributed by atoms with E-state index in [4.69, 9.17) is 10.4 Å². The van der Waals surface area contributed by atoms with Crippen molar-refractivity contribution in [1.29, 1.82) is 5.26 Å². The highest BCUT2D eigenvalue weighted by Gasteiger charge is 2.02. The van der Waals surface area contributed by atoms with Gasteiger partial charge in [0.1, 0.15) is 11.9 Å². The normalized spacial score (nSPS) is 9.79. The van der Waals surface area contributed by atoms with E-state index in [9.17, 15) is 4.39 Å². The molecule has 0 saturated heterocycles. The van der Waals surface area contributed by atoms with Crippen LogP contribution in [0.1, 0.15) is 11.1 Å². The van der Waals surface area contributed by atoms with E-state index in [1.807, 2.05) is 0 Å². The van der Waals surface area contributed by atoms with E-state index < -0.39 is 5.82 Å². The van der Waals surface area contributed by atoms with E-state index in [1.165, 1.54) is 6.07 Å². The Morgan fingerprint density at radius 2 is 2.29 bits per heavy atom. The van der Waals surface area contributed by atoms with Crippen LogP contribution in [0.15, 0.2) is 18.2 Å². The van der Waals surface area contributed by atoms with E-state index in [0.717, 1.165) is 5.56 Å². The second kappa shape index (κ2) is 5.63. The van der Waals surface area contributed by atoms with Crippen LogP contribution in [-0.2, 0) is 5.75 Å². The molecule has 0 aliphatic carbocycles. The number of rotatable bonds is 4. The average Bonchev–Trinajstić information content (AvgIpc) is 2.21. The van der Waals surface area contributed by atoms with E-state index in [0.29, 0.717) is 11.5 Å². The van der Waals surface area contributed by atoms with Crippen molar-refractivity contribution in [3.63, 3.8) is 0 Å². The van der Waals surface area contributed by atoms with Crippen LogP contribution in [0, 0.1) is 17.1 Å². The molecule has 0 bridgehead atoms. The number of benzene rings is 1. The van der Waals surface area contributed by atoms with Crippen molar-refractivity contribution in [2.75, 3.05) is 12.4 Å². The second-order valence-corrected chi connectivity index (χ2v) is 3.81. The number of thioether (sulfide) groups is 1. The molecule has 1 rings (SSSR count). The van der Waals surface area contributed by atoms with Gasteiger partial charge >= 0.3 is 0 Å². The van der Waals surface area contributed by atoms with Crippen LogP contribution in [0.2, 0.25) is 0 Å². The Morgan fingerprint density at radius 3 is 2.93 bits per heavy atom. The number of hydrogen-bond donors (Lipinski definition) is 1. The van der Waals surface area contributed by atoms with Gasteiger partial charge in [-0.15, -0.1) is 0 Å². The van der Waals surface area contributed by atoms with Gasteiger partial charge in [0, 0.05) is 11.5 Å². The summed E-state index contributed by atoms with van der Waals surface area (Å²) < 4.78 is 12.9. The topological polar surface area (TPSA) is 44.0 Å². The fourth-order valence-electron chi connectivity index (χ4n) is 1.00. The first-order chi connectivity index (χ1) is 6.77. The molecular weight excluding hydrogens is 201 g/mol. The average molecular weight is 211 g/mol. The first-order valence-corrected chi connectivity index (χ1v) is 5.30. The lowest BCUT2D eigenvalue weighted by molar-refractivity contribution is 0.322. The summed E-state index contributed by atoms with van der Waals surface area (Å²) in [6.45, 7) is 0.136. The number of aliphatic hydroxyl groups excluding tert-OH is 1. The molecule has 0 atom stereocenters. The van der Waals surface area contributed by atoms with Gasteiger partial charge in [0.25, 0.3) is 0 Å². The van der Waals surface area contributed by atoms with E-state index in [1.54, 1.807) is 30.0 Å². The highest BCUT2D eigenvalue weighted by Crippen LogP contribution is 2.15. The van der Waals surface area contributed by atoms with E-state index >= 15 is 0 Å². The lowest BCUT2D eigenvalue weighted by atomic mass is 10.1. The Labute approximate surface area is 86.4 Å². The molecule has 0 amide bonds. The lowest BCUT2D eigenvalue weighted by Gasteiger charge is -2.01. The molecule has 4 heteroatoms. The standard InChI is InChI=1S/C10H10FNOS/c11-10-2-1-8(5-9(10)6-12)7-14-4-3-13/h1-2,5,13H,3-4,7H2. The summed E-state index contributed by atoms with van der Waals surface area (Å²) in [4.78, 5) is 0. The zero-order chi connectivity index (χ0) is 10.4. The van der Waals surface area contributed by atoms with Crippen LogP contribution < -0.4 is 0 Å². The zero-order valence-corrected chi connectivity index (χ0v) is 8.35. The van der Waals surface area contributed by atoms with Crippen molar-refractivity contribution in [2.45, 2.75) is 5.75 Å². The minimum Gasteiger partial charge on any atom is -0.396 e. The number of halogens is 1. The smallest absolute Gasteiger partial charge is 0.140 e. The van der Waals surface area contributed by atoms with Crippen LogP contribution in [0.25, 0.3) is 0 Å². The quantitative estimate of drug-likeness (QED) is 0.774. The molecule has 0 radical (unpaired) electrons. The summed E-state index contributed by atoms with van der Waals surface area (Å²) in [6, 6.07) is 6.29. The molecule has 0 aliphatic rings. The maximum absolute atomic E-state index is 12.9. The van der Waals surface area contributed by atoms with E-state index in [2.05, 4.69) is 0 Å². The summed E-state index contributed by atoms with van der Waals surface area (Å²) in [5, 5.41) is 17.1. The second-order valence-electron chi connectivity index (χ2n) is 2.70. The molecule has 74 valence electrons. The molecule has 0 aliphatic heterocycles. The SMILES string of the molecule is N#Cc1cc(CSCCO)ccc1F. The monoisotopic (exact) mass is 211 g/mol. The van der Waals surface area contributed by atoms with Crippen LogP contribution in [0.4, 0.5) is 4.39 Å². The van der Waals surface area contributed by atoms with Crippen molar-refractivity contribution in [2.24, 2.45) is 0 Å². The third kappa shape index (κ3) is 3.02. The van der Waals surface area contributed by atoms with Crippen LogP contribution in [-0.4, -0.2) is 17.5 Å². The van der Waals surface area contributed by atoms with Gasteiger partial charge in [-0.2, -0.15) is 17.0 Å². The first kappa shape index (κ1) is 11.0. The van der Waals surface area contributed by atoms with Crippen molar-refractivity contribution >= 4 is 11.8 Å². The third-order valence-corrected chi connectivity index (χ3v) is 2.66. The van der Waals surface area contributed by atoms with Gasteiger partial charge in [0.2, 0.25) is 0 Å². The Kier molecular flexibility index (Phi) is 4.44. The summed E-state index contributed by atoms with van der Waals surface area (Å²) >= 11 is 1.55. The van der Waals surface area contributed by atoms with Crippen LogP contribution in [0.3, 0.4) is 0 Å². The number of nitriles is 1. The van der Waals surface area contributed by atoms with Crippen LogP contribution >= 0.6 is 11.8 Å². The predicted molar refractivity (Wildman–Crippen MR) is 54.4 cm³/mol. The van der Waals surface area contributed by atoms with Gasteiger partial charge in [-0.1, -0.05) is 6.07 Å². The molecular formula is C10H10FNOS. The maximum atomic E-state index is 12.9. The molecule has 0 aromatic heterocycles. The first-order valence-electron chi connectivity index (χ1n) is 4.15. The minimum atomic E-state index is -0.483. The minimum absolute atomic E-state index is 0.0760. The number of nitrogens with zero attached hydrogens (tertiary/aromatic N) is 1. The van der Waals surface area contributed by atoms with Gasteiger partial charge in [0.05, 0.1) is 12.2 Å². The van der Waals surface area contributed by atoms with E-state index in [-0.39, 0.29) is 12.2 Å². The Bertz CT molecular complexity index is 348. The van der Waals surface area contributed by atoms with Crippen molar-refractivity contribution < 1.29 is 9.50 Å². The molecule has 0 heterocycles. The molecule has 14 heavy (non-hydrogen) atoms. The van der Waals surface area contributed by atoms with Crippen LogP contribution in [0.5, 0.6) is 0 Å². The molecule has 0 unspecified atom stereocenters. The van der Waals surface area contributed by atoms with Gasteiger partial charge < -0.3 is 5.11 Å². The molecule has 1 aromatic carbocycles. The van der Waals surface area contributed by atoms with Gasteiger partial charge in [0.15, 0.2) is 0 Å². The van der Waals surface area contributed by atoms with Crippen molar-refractivity contribution in [3.8, 4) is 6.07 Å². The maximum Gasteiger partial charge on any atom is 0.140 e. The van der Waals surface area contributed by atoms with Crippen molar-refractivity contribution in [3.05, 3.63) is 35.1 Å².